The van der Waals surface area contributed by atoms with Gasteiger partial charge in [0.05, 0.1) is 74.1 Å². The molecule has 622 valence electrons. The summed E-state index contributed by atoms with van der Waals surface area (Å²) in [6.45, 7) is 0. The topological polar surface area (TPSA) is 351 Å². The van der Waals surface area contributed by atoms with Crippen LogP contribution in [0.25, 0.3) is 83.2 Å². The lowest BCUT2D eigenvalue weighted by Gasteiger charge is -2.17. The quantitative estimate of drug-likeness (QED) is 0.0371. The van der Waals surface area contributed by atoms with Crippen molar-refractivity contribution in [2.45, 2.75) is 14.7 Å². The largest absolute Gasteiger partial charge is 0.495 e. The van der Waals surface area contributed by atoms with E-state index in [1.54, 1.807) is 72.8 Å². The molecule has 121 heavy (non-hydrogen) atoms. The summed E-state index contributed by atoms with van der Waals surface area (Å²) < 4.78 is 163. The summed E-state index contributed by atoms with van der Waals surface area (Å²) >= 11 is 20.6. The van der Waals surface area contributed by atoms with Crippen molar-refractivity contribution in [3.8, 4) is 67.7 Å². The van der Waals surface area contributed by atoms with Crippen LogP contribution in [0.2, 0.25) is 15.1 Å². The van der Waals surface area contributed by atoms with Gasteiger partial charge in [-0.3, -0.25) is 42.3 Å². The number of fused-ring (bicyclic) bond motifs is 3. The molecule has 0 saturated heterocycles. The highest BCUT2D eigenvalue weighted by Crippen LogP contribution is 2.39. The Bertz CT molecular complexity index is 7010. The van der Waals surface area contributed by atoms with Crippen molar-refractivity contribution in [2.24, 2.45) is 0 Å². The molecule has 0 fully saturated rings. The minimum atomic E-state index is -3.99. The molecule has 0 radical (unpaired) electrons. The predicted octanol–water partition coefficient (Wildman–Crippen LogP) is 16.0. The first-order valence-corrected chi connectivity index (χ1v) is 40.7. The summed E-state index contributed by atoms with van der Waals surface area (Å²) in [6, 6.07) is 60.9. The van der Waals surface area contributed by atoms with E-state index in [9.17, 15) is 44.0 Å². The third-order valence-corrected chi connectivity index (χ3v) is 23.2. The van der Waals surface area contributed by atoms with Crippen LogP contribution in [0.15, 0.2) is 309 Å². The van der Waals surface area contributed by atoms with Gasteiger partial charge in [-0.05, 0) is 171 Å². The Labute approximate surface area is 720 Å². The second-order valence-corrected chi connectivity index (χ2v) is 32.3. The molecule has 0 aliphatic rings. The zero-order chi connectivity index (χ0) is 83.9. The van der Waals surface area contributed by atoms with Crippen LogP contribution in [-0.4, -0.2) is 92.9 Å². The Morgan fingerprint density at radius 1 is 0.380 bits per heavy atom. The van der Waals surface area contributed by atoms with Gasteiger partial charge in [0, 0.05) is 97.0 Å². The van der Waals surface area contributed by atoms with Crippen molar-refractivity contribution in [3.63, 3.8) is 0 Å². The van der Waals surface area contributed by atoms with Crippen molar-refractivity contribution < 1.29 is 76.3 Å². The first kappa shape index (κ1) is 91.8. The molecule has 3 atom stereocenters. The number of nitrogens with zero attached hydrogens (tertiary/aromatic N) is 6. The first-order valence-electron chi connectivity index (χ1n) is 34.3. The fourth-order valence-electron chi connectivity index (χ4n) is 12.1. The minimum Gasteiger partial charge on any atom is -0.495 e. The Morgan fingerprint density at radius 3 is 0.975 bits per heavy atom. The van der Waals surface area contributed by atoms with Gasteiger partial charge in [0.25, 0.3) is 46.7 Å². The maximum Gasteiger partial charge on any atom is 0.488 e. The van der Waals surface area contributed by atoms with E-state index in [0.717, 1.165) is 11.1 Å². The van der Waals surface area contributed by atoms with Gasteiger partial charge in [0.2, 0.25) is 0 Å². The van der Waals surface area contributed by atoms with Crippen LogP contribution in [0.5, 0.6) is 17.2 Å². The van der Waals surface area contributed by atoms with Crippen LogP contribution < -0.4 is 50.5 Å². The van der Waals surface area contributed by atoms with Crippen LogP contribution in [-0.2, 0) is 30.1 Å². The van der Waals surface area contributed by atoms with Gasteiger partial charge in [0.15, 0.2) is 17.5 Å². The Balaban J connectivity index is 0.000000179. The molecule has 16 rings (SSSR count). The summed E-state index contributed by atoms with van der Waals surface area (Å²) in [4.78, 5) is 38.5. The SMILES string of the molecule is COc1cc(-c2ccc(-c3ccc(Cl)cc3)cc2)c(F)cc1-n1c(=O)ccc2cc(S(=O)(=O)Nc3ccon3)ccc21.COc1cc(-c2ccc(Cl)cc2)c(F)cc1-n1c(=O)ccc2cc(S(=O)(=O)Nc3ccon3)ccc21.COc1cc(Br)c(F)cc1-n1c(=O)ccc2cc(S(=O)(=O)Nc3ccon3)ccc21.OB(O)c1ccc(Cl)cc1.P.P.P. The van der Waals surface area contributed by atoms with Crippen LogP contribution in [0.3, 0.4) is 0 Å². The van der Waals surface area contributed by atoms with Crippen LogP contribution >= 0.6 is 80.4 Å². The first-order chi connectivity index (χ1) is 56.5. The number of hydrogen-bond donors (Lipinski definition) is 5. The molecule has 10 aromatic carbocycles. The molecule has 16 aromatic rings. The number of sulfonamides is 3. The predicted molar refractivity (Wildman–Crippen MR) is 479 cm³/mol. The number of nitrogens with one attached hydrogen (secondary N) is 3. The molecule has 0 saturated carbocycles. The zero-order valence-corrected chi connectivity index (χ0v) is 73.6. The highest BCUT2D eigenvalue weighted by molar-refractivity contribution is 9.10. The summed E-state index contributed by atoms with van der Waals surface area (Å²) in [5.74, 6) is -0.852. The van der Waals surface area contributed by atoms with E-state index in [2.05, 4.69) is 59.1 Å². The van der Waals surface area contributed by atoms with Crippen molar-refractivity contribution >= 4 is 173 Å². The molecule has 6 heterocycles. The molecule has 0 amide bonds. The van der Waals surface area contributed by atoms with E-state index in [1.165, 1.54) is 199 Å². The maximum atomic E-state index is 15.7. The van der Waals surface area contributed by atoms with Gasteiger partial charge < -0.3 is 37.8 Å². The van der Waals surface area contributed by atoms with Gasteiger partial charge in [-0.1, -0.05) is 111 Å². The van der Waals surface area contributed by atoms with E-state index in [0.29, 0.717) is 69.9 Å². The lowest BCUT2D eigenvalue weighted by atomic mass is 9.81. The average molecular weight is 1880 g/mol. The lowest BCUT2D eigenvalue weighted by Crippen LogP contribution is -2.29. The highest BCUT2D eigenvalue weighted by Gasteiger charge is 2.25. The molecule has 0 aliphatic heterocycles. The van der Waals surface area contributed by atoms with Crippen LogP contribution in [0.1, 0.15) is 0 Å². The van der Waals surface area contributed by atoms with Crippen LogP contribution in [0, 0.1) is 17.5 Å². The van der Waals surface area contributed by atoms with Crippen LogP contribution in [0.4, 0.5) is 30.6 Å². The number of methoxy groups -OCH3 is 3. The van der Waals surface area contributed by atoms with E-state index < -0.39 is 71.3 Å². The number of halogens is 7. The summed E-state index contributed by atoms with van der Waals surface area (Å²) in [5, 5.41) is 30.9. The fourth-order valence-corrected chi connectivity index (χ4v) is 15.9. The standard InChI is InChI=1S/C31H21ClFN3O5S.C25H17ClFN3O5S.C19H13BrFN3O5S.C6H6BClO2.3H3P/c1-40-29-17-25(21-4-2-19(3-5-21)20-6-9-23(32)10-7-20)26(33)18-28(29)36-27-12-11-24(16-22(27)8-13-31(36)37)42(38,39)35-30-14-15-41-34-30;1-34-23-13-19(15-2-5-17(26)6-3-15)20(27)14-22(23)30-21-8-7-18(12-16(21)4-9-25(30)31)36(32,33)29-24-10-11-35-28-24;1-28-17-9-13(20)14(21)10-16(17)24-15-4-3-12(8-11(15)2-5-19(24)25)30(26,27)23-18-6-7-29-22-18;8-6-3-1-5(2-4-6)7(9)10;;;/h2-18H,1H3,(H,34,35);2-14H,1H3,(H,28,29);2-10H,1H3,(H,22,23);1-4,9-10H;3*1H3. The van der Waals surface area contributed by atoms with Gasteiger partial charge in [-0.2, -0.15) is 29.7 Å². The smallest absolute Gasteiger partial charge is 0.488 e. The summed E-state index contributed by atoms with van der Waals surface area (Å²) in [7, 11) is -9.06. The minimum absolute atomic E-state index is 0. The molecular weight excluding hydrogens is 1810 g/mol. The van der Waals surface area contributed by atoms with Crippen molar-refractivity contribution in [1.82, 2.24) is 29.2 Å². The normalized spacial score (nSPS) is 11.1. The Kier molecular flexibility index (Phi) is 29.9. The summed E-state index contributed by atoms with van der Waals surface area (Å²) in [6.07, 6.45) is 3.72. The lowest BCUT2D eigenvalue weighted by molar-refractivity contribution is 0.411. The number of rotatable bonds is 19. The van der Waals surface area contributed by atoms with Gasteiger partial charge in [-0.25, -0.2) is 38.4 Å². The second kappa shape index (κ2) is 39.4. The van der Waals surface area contributed by atoms with Gasteiger partial charge >= 0.3 is 7.12 Å². The van der Waals surface area contributed by atoms with Gasteiger partial charge in [-0.15, -0.1) is 0 Å². The molecule has 26 nitrogen and oxygen atoms in total. The summed E-state index contributed by atoms with van der Waals surface area (Å²) in [5.41, 5.74) is 4.43. The molecule has 0 spiro atoms. The highest BCUT2D eigenvalue weighted by atomic mass is 79.9. The van der Waals surface area contributed by atoms with E-state index in [-0.39, 0.29) is 106 Å². The molecule has 0 bridgehead atoms. The zero-order valence-electron chi connectivity index (χ0n) is 63.1. The molecule has 6 aromatic heterocycles. The van der Waals surface area contributed by atoms with E-state index in [1.807, 2.05) is 24.3 Å². The van der Waals surface area contributed by atoms with Crippen molar-refractivity contribution in [3.05, 3.63) is 329 Å². The molecule has 5 N–H and O–H groups in total. The molecular formula is C81H66BBrCl3F3N9O17P3S3. The average Bonchev–Trinajstić information content (AvgIpc) is 1.60. The third kappa shape index (κ3) is 20.9. The number of ether oxygens (including phenoxy) is 3. The number of pyridine rings is 3. The number of hydrogen-bond acceptors (Lipinski definition) is 20. The number of aromatic nitrogens is 6. The third-order valence-electron chi connectivity index (χ3n) is 17.7. The van der Waals surface area contributed by atoms with E-state index >= 15 is 8.78 Å². The van der Waals surface area contributed by atoms with E-state index in [4.69, 9.17) is 59.1 Å². The molecule has 3 unspecified atom stereocenters. The maximum absolute atomic E-state index is 15.7. The number of benzene rings is 10. The fraction of sp³-hybridized carbons (Fsp3) is 0.0370. The second-order valence-electron chi connectivity index (χ2n) is 25.1. The molecule has 40 heteroatoms. The molecule has 0 aliphatic carbocycles. The van der Waals surface area contributed by atoms with Crippen molar-refractivity contribution in [1.29, 1.82) is 0 Å². The van der Waals surface area contributed by atoms with Gasteiger partial charge in [0.1, 0.15) is 53.5 Å². The Hall–Kier alpha value is -11.5. The number of anilines is 3. The van der Waals surface area contributed by atoms with Crippen molar-refractivity contribution in [2.75, 3.05) is 35.5 Å². The monoisotopic (exact) mass is 1880 g/mol. The Morgan fingerprint density at radius 2 is 0.669 bits per heavy atom.